The van der Waals surface area contributed by atoms with Crippen molar-refractivity contribution in [3.05, 3.63) is 52.9 Å². The maximum atomic E-state index is 13.2. The van der Waals surface area contributed by atoms with Gasteiger partial charge in [-0.1, -0.05) is 11.6 Å². The number of aromatic amines is 1. The van der Waals surface area contributed by atoms with Crippen molar-refractivity contribution < 1.29 is 4.79 Å². The van der Waals surface area contributed by atoms with Crippen molar-refractivity contribution in [2.45, 2.75) is 25.8 Å². The zero-order chi connectivity index (χ0) is 21.1. The van der Waals surface area contributed by atoms with E-state index < -0.39 is 0 Å². The molecule has 0 bridgehead atoms. The molecule has 2 aromatic heterocycles. The summed E-state index contributed by atoms with van der Waals surface area (Å²) in [6, 6.07) is 8.87. The summed E-state index contributed by atoms with van der Waals surface area (Å²) < 4.78 is 0. The standard InChI is InChI=1S/C20H22ClN8O/c1-12-9-16(28-27-12)25-17-11-23-18(20(30)29-8-2-3-15(29)10-22)19(26-17)24-14-6-4-13(21)5-7-14/h4-7,9,11,15,22H,2-3,8,10H2,1H3,(H3,24,25,26,27,28)/t15-/m0/s1. The third-order valence-electron chi connectivity index (χ3n) is 4.92. The van der Waals surface area contributed by atoms with Crippen LogP contribution in [0.5, 0.6) is 0 Å². The van der Waals surface area contributed by atoms with Gasteiger partial charge in [-0.2, -0.15) is 5.10 Å². The van der Waals surface area contributed by atoms with Crippen molar-refractivity contribution in [1.29, 1.82) is 0 Å². The number of benzene rings is 1. The number of rotatable bonds is 6. The lowest BCUT2D eigenvalue weighted by Crippen LogP contribution is -2.38. The highest BCUT2D eigenvalue weighted by atomic mass is 35.5. The highest BCUT2D eigenvalue weighted by Gasteiger charge is 2.31. The molecule has 1 atom stereocenters. The van der Waals surface area contributed by atoms with E-state index in [4.69, 9.17) is 17.3 Å². The number of anilines is 4. The second-order valence-electron chi connectivity index (χ2n) is 7.14. The summed E-state index contributed by atoms with van der Waals surface area (Å²) in [5, 5.41) is 13.9. The summed E-state index contributed by atoms with van der Waals surface area (Å²) in [6.07, 6.45) is 3.23. The molecule has 1 aliphatic rings. The molecule has 3 heterocycles. The molecule has 0 saturated carbocycles. The maximum absolute atomic E-state index is 13.2. The highest BCUT2D eigenvalue weighted by molar-refractivity contribution is 6.30. The fourth-order valence-corrected chi connectivity index (χ4v) is 3.55. The van der Waals surface area contributed by atoms with Gasteiger partial charge in [0, 0.05) is 41.6 Å². The number of amides is 1. The fraction of sp³-hybridized carbons (Fsp3) is 0.300. The Bertz CT molecular complexity index is 1040. The molecule has 3 aromatic rings. The number of aromatic nitrogens is 4. The molecule has 0 spiro atoms. The van der Waals surface area contributed by atoms with E-state index in [1.807, 2.05) is 13.0 Å². The molecule has 1 aliphatic heterocycles. The number of halogens is 1. The van der Waals surface area contributed by atoms with Gasteiger partial charge in [-0.3, -0.25) is 15.6 Å². The highest BCUT2D eigenvalue weighted by Crippen LogP contribution is 2.26. The van der Waals surface area contributed by atoms with E-state index in [-0.39, 0.29) is 24.2 Å². The second-order valence-corrected chi connectivity index (χ2v) is 7.58. The number of aryl methyl sites for hydroxylation is 1. The smallest absolute Gasteiger partial charge is 0.276 e. The lowest BCUT2D eigenvalue weighted by Gasteiger charge is -2.23. The second kappa shape index (κ2) is 8.68. The van der Waals surface area contributed by atoms with E-state index >= 15 is 0 Å². The molecule has 10 heteroatoms. The van der Waals surface area contributed by atoms with Crippen LogP contribution in [0.4, 0.5) is 23.1 Å². The Hall–Kier alpha value is -3.17. The van der Waals surface area contributed by atoms with E-state index in [9.17, 15) is 4.79 Å². The predicted molar refractivity (Wildman–Crippen MR) is 115 cm³/mol. The molecule has 4 rings (SSSR count). The summed E-state index contributed by atoms with van der Waals surface area (Å²) in [7, 11) is 0. The van der Waals surface area contributed by atoms with Crippen LogP contribution in [0.2, 0.25) is 5.02 Å². The first-order valence-corrected chi connectivity index (χ1v) is 10.1. The topological polar surface area (TPSA) is 123 Å². The minimum absolute atomic E-state index is 0.0903. The summed E-state index contributed by atoms with van der Waals surface area (Å²) in [5.74, 6) is 1.16. The maximum Gasteiger partial charge on any atom is 0.276 e. The van der Waals surface area contributed by atoms with Gasteiger partial charge >= 0.3 is 0 Å². The van der Waals surface area contributed by atoms with E-state index in [1.165, 1.54) is 6.20 Å². The van der Waals surface area contributed by atoms with Gasteiger partial charge in [-0.25, -0.2) is 9.97 Å². The monoisotopic (exact) mass is 425 g/mol. The summed E-state index contributed by atoms with van der Waals surface area (Å²) in [5.41, 5.74) is 9.58. The van der Waals surface area contributed by atoms with E-state index in [0.29, 0.717) is 29.0 Å². The third-order valence-corrected chi connectivity index (χ3v) is 5.17. The molecule has 1 saturated heterocycles. The number of carbonyl (C=O) groups is 1. The minimum atomic E-state index is -0.226. The third kappa shape index (κ3) is 4.37. The van der Waals surface area contributed by atoms with Gasteiger partial charge in [0.25, 0.3) is 5.91 Å². The lowest BCUT2D eigenvalue weighted by atomic mass is 10.2. The van der Waals surface area contributed by atoms with Crippen molar-refractivity contribution in [2.75, 3.05) is 23.7 Å². The molecule has 1 radical (unpaired) electrons. The molecule has 9 nitrogen and oxygen atoms in total. The molecule has 4 N–H and O–H groups in total. The molecule has 1 aromatic carbocycles. The molecule has 1 amide bonds. The van der Waals surface area contributed by atoms with E-state index in [0.717, 1.165) is 24.2 Å². The van der Waals surface area contributed by atoms with E-state index in [1.54, 1.807) is 29.2 Å². The SMILES string of the molecule is Cc1cc(Nc2cnc(C(=O)N3CCC[C@H]3C[NH])c(Nc3ccc(Cl)cc3)n2)n[nH]1. The number of carbonyl (C=O) groups excluding carboxylic acids is 1. The van der Waals surface area contributed by atoms with Gasteiger partial charge in [-0.15, -0.1) is 0 Å². The predicted octanol–water partition coefficient (Wildman–Crippen LogP) is 3.54. The Morgan fingerprint density at radius 3 is 2.80 bits per heavy atom. The van der Waals surface area contributed by atoms with Gasteiger partial charge in [0.15, 0.2) is 23.1 Å². The van der Waals surface area contributed by atoms with Gasteiger partial charge in [0.1, 0.15) is 0 Å². The van der Waals surface area contributed by atoms with Gasteiger partial charge in [-0.05, 0) is 44.0 Å². The summed E-state index contributed by atoms with van der Waals surface area (Å²) >= 11 is 5.98. The van der Waals surface area contributed by atoms with Crippen LogP contribution in [-0.2, 0) is 0 Å². The van der Waals surface area contributed by atoms with Crippen molar-refractivity contribution in [1.82, 2.24) is 30.8 Å². The molecular formula is C20H22ClN8O. The molecule has 30 heavy (non-hydrogen) atoms. The van der Waals surface area contributed by atoms with Crippen molar-refractivity contribution in [3.8, 4) is 0 Å². The first kappa shape index (κ1) is 20.1. The molecule has 0 aliphatic carbocycles. The van der Waals surface area contributed by atoms with Crippen LogP contribution in [0.15, 0.2) is 36.5 Å². The summed E-state index contributed by atoms with van der Waals surface area (Å²) in [6.45, 7) is 2.70. The first-order chi connectivity index (χ1) is 14.5. The number of nitrogens with one attached hydrogen (secondary N) is 4. The minimum Gasteiger partial charge on any atom is -0.338 e. The molecule has 0 unspecified atom stereocenters. The zero-order valence-electron chi connectivity index (χ0n) is 16.4. The fourth-order valence-electron chi connectivity index (χ4n) is 3.43. The lowest BCUT2D eigenvalue weighted by molar-refractivity contribution is 0.0735. The van der Waals surface area contributed by atoms with Crippen LogP contribution in [0.1, 0.15) is 29.0 Å². The molecule has 155 valence electrons. The van der Waals surface area contributed by atoms with E-state index in [2.05, 4.69) is 30.8 Å². The van der Waals surface area contributed by atoms with Crippen LogP contribution < -0.4 is 16.4 Å². The zero-order valence-corrected chi connectivity index (χ0v) is 17.2. The number of hydrogen-bond donors (Lipinski definition) is 3. The van der Waals surface area contributed by atoms with Crippen LogP contribution in [-0.4, -0.2) is 50.1 Å². The Kier molecular flexibility index (Phi) is 5.82. The number of nitrogens with zero attached hydrogens (tertiary/aromatic N) is 4. The van der Waals surface area contributed by atoms with Gasteiger partial charge < -0.3 is 15.5 Å². The van der Waals surface area contributed by atoms with Gasteiger partial charge in [0.2, 0.25) is 0 Å². The van der Waals surface area contributed by atoms with Crippen molar-refractivity contribution >= 4 is 40.6 Å². The average Bonchev–Trinajstić information content (AvgIpc) is 3.38. The number of hydrogen-bond acceptors (Lipinski definition) is 6. The Balaban J connectivity index is 1.66. The largest absolute Gasteiger partial charge is 0.338 e. The Morgan fingerprint density at radius 1 is 1.30 bits per heavy atom. The number of likely N-dealkylation sites (tertiary alicyclic amines) is 1. The Morgan fingerprint density at radius 2 is 2.10 bits per heavy atom. The average molecular weight is 426 g/mol. The molecular weight excluding hydrogens is 404 g/mol. The van der Waals surface area contributed by atoms with Crippen LogP contribution in [0.25, 0.3) is 0 Å². The first-order valence-electron chi connectivity index (χ1n) is 9.67. The Labute approximate surface area is 179 Å². The summed E-state index contributed by atoms with van der Waals surface area (Å²) in [4.78, 5) is 23.9. The van der Waals surface area contributed by atoms with Crippen molar-refractivity contribution in [2.24, 2.45) is 0 Å². The van der Waals surface area contributed by atoms with Crippen LogP contribution in [0, 0.1) is 6.92 Å². The van der Waals surface area contributed by atoms with Crippen LogP contribution in [0.3, 0.4) is 0 Å². The number of H-pyrrole nitrogens is 1. The quantitative estimate of drug-likeness (QED) is 0.555. The normalized spacial score (nSPS) is 16.0. The van der Waals surface area contributed by atoms with Crippen molar-refractivity contribution in [3.63, 3.8) is 0 Å². The van der Waals surface area contributed by atoms with Crippen LogP contribution >= 0.6 is 11.6 Å². The van der Waals surface area contributed by atoms with Gasteiger partial charge in [0.05, 0.1) is 6.20 Å². The molecule has 1 fully saturated rings.